The minimum absolute atomic E-state index is 0.106. The first-order valence-electron chi connectivity index (χ1n) is 5.68. The molecule has 4 heteroatoms. The van der Waals surface area contributed by atoms with Crippen LogP contribution in [0.3, 0.4) is 0 Å². The van der Waals surface area contributed by atoms with E-state index in [1.54, 1.807) is 13.8 Å². The van der Waals surface area contributed by atoms with Crippen LogP contribution in [0, 0.1) is 5.82 Å². The molecule has 0 spiro atoms. The lowest BCUT2D eigenvalue weighted by Gasteiger charge is -2.23. The number of aliphatic hydroxyl groups excluding tert-OH is 1. The van der Waals surface area contributed by atoms with Crippen LogP contribution >= 0.6 is 0 Å². The molecule has 0 bridgehead atoms. The van der Waals surface area contributed by atoms with Crippen molar-refractivity contribution in [2.24, 2.45) is 0 Å². The van der Waals surface area contributed by atoms with Gasteiger partial charge in [-0.15, -0.1) is 0 Å². The summed E-state index contributed by atoms with van der Waals surface area (Å²) in [6.45, 7) is 5.16. The fourth-order valence-electron chi connectivity index (χ4n) is 1.31. The monoisotopic (exact) mass is 242 g/mol. The van der Waals surface area contributed by atoms with Gasteiger partial charge in [0.15, 0.2) is 0 Å². The van der Waals surface area contributed by atoms with E-state index in [1.165, 1.54) is 18.2 Å². The molecule has 1 unspecified atom stereocenters. The van der Waals surface area contributed by atoms with Crippen LogP contribution in [0.4, 0.5) is 4.39 Å². The summed E-state index contributed by atoms with van der Waals surface area (Å²) in [5.74, 6) is -0.0226. The maximum atomic E-state index is 13.0. The lowest BCUT2D eigenvalue weighted by Crippen LogP contribution is -2.31. The third-order valence-corrected chi connectivity index (χ3v) is 2.72. The van der Waals surface area contributed by atoms with Gasteiger partial charge in [-0.25, -0.2) is 4.39 Å². The quantitative estimate of drug-likeness (QED) is 0.833. The van der Waals surface area contributed by atoms with Gasteiger partial charge in [0.2, 0.25) is 0 Å². The van der Waals surface area contributed by atoms with E-state index in [1.807, 2.05) is 6.92 Å². The van der Waals surface area contributed by atoms with Crippen molar-refractivity contribution in [3.63, 3.8) is 0 Å². The molecule has 0 heterocycles. The Morgan fingerprint density at radius 3 is 2.65 bits per heavy atom. The van der Waals surface area contributed by atoms with E-state index in [0.717, 1.165) is 0 Å². The molecule has 1 rings (SSSR count). The molecular formula is C13H19FO3. The smallest absolute Gasteiger partial charge is 0.125 e. The van der Waals surface area contributed by atoms with Gasteiger partial charge in [0.25, 0.3) is 0 Å². The Hall–Kier alpha value is -1.13. The average Bonchev–Trinajstić information content (AvgIpc) is 2.27. The van der Waals surface area contributed by atoms with Gasteiger partial charge < -0.3 is 14.9 Å². The van der Waals surface area contributed by atoms with Crippen LogP contribution in [0.1, 0.15) is 38.9 Å². The molecule has 96 valence electrons. The minimum Gasteiger partial charge on any atom is -0.490 e. The predicted octanol–water partition coefficient (Wildman–Crippen LogP) is 2.42. The molecule has 0 saturated carbocycles. The SMILES string of the molecule is CCC(C)(O)COc1ccc(F)cc1[C@H](C)O. The summed E-state index contributed by atoms with van der Waals surface area (Å²) in [7, 11) is 0. The van der Waals surface area contributed by atoms with Gasteiger partial charge in [0, 0.05) is 5.56 Å². The van der Waals surface area contributed by atoms with Crippen LogP contribution in [0.25, 0.3) is 0 Å². The number of aliphatic hydroxyl groups is 2. The Kier molecular flexibility index (Phi) is 4.48. The summed E-state index contributed by atoms with van der Waals surface area (Å²) < 4.78 is 18.5. The van der Waals surface area contributed by atoms with Crippen LogP contribution < -0.4 is 4.74 Å². The minimum atomic E-state index is -0.926. The molecule has 17 heavy (non-hydrogen) atoms. The molecular weight excluding hydrogens is 223 g/mol. The van der Waals surface area contributed by atoms with Gasteiger partial charge in [0.05, 0.1) is 11.7 Å². The van der Waals surface area contributed by atoms with E-state index in [-0.39, 0.29) is 6.61 Å². The maximum Gasteiger partial charge on any atom is 0.125 e. The number of rotatable bonds is 5. The Labute approximate surface area is 101 Å². The van der Waals surface area contributed by atoms with Gasteiger partial charge in [-0.2, -0.15) is 0 Å². The first-order chi connectivity index (χ1) is 7.85. The van der Waals surface area contributed by atoms with E-state index < -0.39 is 17.5 Å². The highest BCUT2D eigenvalue weighted by Gasteiger charge is 2.20. The highest BCUT2D eigenvalue weighted by molar-refractivity contribution is 5.35. The molecule has 1 aromatic carbocycles. The van der Waals surface area contributed by atoms with Gasteiger partial charge in [-0.1, -0.05) is 6.92 Å². The van der Waals surface area contributed by atoms with E-state index >= 15 is 0 Å². The van der Waals surface area contributed by atoms with Crippen LogP contribution in [-0.2, 0) is 0 Å². The lowest BCUT2D eigenvalue weighted by atomic mass is 10.1. The first kappa shape index (κ1) is 13.9. The van der Waals surface area contributed by atoms with Gasteiger partial charge in [0.1, 0.15) is 18.2 Å². The highest BCUT2D eigenvalue weighted by atomic mass is 19.1. The molecule has 3 nitrogen and oxygen atoms in total. The molecule has 0 radical (unpaired) electrons. The summed E-state index contributed by atoms with van der Waals surface area (Å²) in [6.07, 6.45) is -0.259. The molecule has 0 aliphatic rings. The topological polar surface area (TPSA) is 49.7 Å². The molecule has 0 fully saturated rings. The van der Waals surface area contributed by atoms with Gasteiger partial charge in [-0.3, -0.25) is 0 Å². The summed E-state index contributed by atoms with van der Waals surface area (Å²) in [5.41, 5.74) is -0.540. The standard InChI is InChI=1S/C13H19FO3/c1-4-13(3,16)8-17-12-6-5-10(14)7-11(12)9(2)15/h5-7,9,15-16H,4,8H2,1-3H3/t9-,13?/m0/s1. The van der Waals surface area contributed by atoms with Crippen molar-refractivity contribution >= 4 is 0 Å². The van der Waals surface area contributed by atoms with Crippen LogP contribution in [0.2, 0.25) is 0 Å². The number of hydrogen-bond acceptors (Lipinski definition) is 3. The van der Waals surface area contributed by atoms with Crippen molar-refractivity contribution in [2.75, 3.05) is 6.61 Å². The fourth-order valence-corrected chi connectivity index (χ4v) is 1.31. The third kappa shape index (κ3) is 3.98. The molecule has 0 amide bonds. The third-order valence-electron chi connectivity index (χ3n) is 2.72. The van der Waals surface area contributed by atoms with Gasteiger partial charge in [-0.05, 0) is 38.5 Å². The van der Waals surface area contributed by atoms with Crippen LogP contribution in [0.15, 0.2) is 18.2 Å². The molecule has 2 atom stereocenters. The summed E-state index contributed by atoms with van der Waals surface area (Å²) in [5, 5.41) is 19.3. The number of hydrogen-bond donors (Lipinski definition) is 2. The molecule has 0 aliphatic heterocycles. The summed E-state index contributed by atoms with van der Waals surface area (Å²) >= 11 is 0. The van der Waals surface area contributed by atoms with E-state index in [0.29, 0.717) is 17.7 Å². The van der Waals surface area contributed by atoms with Crippen LogP contribution in [-0.4, -0.2) is 22.4 Å². The Morgan fingerprint density at radius 2 is 2.12 bits per heavy atom. The van der Waals surface area contributed by atoms with Crippen LogP contribution in [0.5, 0.6) is 5.75 Å². The Balaban J connectivity index is 2.84. The zero-order valence-corrected chi connectivity index (χ0v) is 10.4. The van der Waals surface area contributed by atoms with Crippen molar-refractivity contribution in [3.8, 4) is 5.75 Å². The molecule has 1 aromatic rings. The van der Waals surface area contributed by atoms with Crippen molar-refractivity contribution in [2.45, 2.75) is 38.9 Å². The lowest BCUT2D eigenvalue weighted by molar-refractivity contribution is 0.00743. The van der Waals surface area contributed by atoms with Crippen molar-refractivity contribution in [1.29, 1.82) is 0 Å². The fraction of sp³-hybridized carbons (Fsp3) is 0.538. The highest BCUT2D eigenvalue weighted by Crippen LogP contribution is 2.27. The molecule has 0 aliphatic carbocycles. The van der Waals surface area contributed by atoms with Crippen molar-refractivity contribution in [1.82, 2.24) is 0 Å². The summed E-state index contributed by atoms with van der Waals surface area (Å²) in [4.78, 5) is 0. The van der Waals surface area contributed by atoms with E-state index in [9.17, 15) is 14.6 Å². The Morgan fingerprint density at radius 1 is 1.47 bits per heavy atom. The zero-order chi connectivity index (χ0) is 13.1. The number of halogens is 1. The average molecular weight is 242 g/mol. The largest absolute Gasteiger partial charge is 0.490 e. The van der Waals surface area contributed by atoms with E-state index in [2.05, 4.69) is 0 Å². The normalized spacial score (nSPS) is 16.4. The molecule has 0 aromatic heterocycles. The zero-order valence-electron chi connectivity index (χ0n) is 10.4. The number of ether oxygens (including phenoxy) is 1. The second-order valence-electron chi connectivity index (χ2n) is 4.50. The van der Waals surface area contributed by atoms with Gasteiger partial charge >= 0.3 is 0 Å². The maximum absolute atomic E-state index is 13.0. The predicted molar refractivity (Wildman–Crippen MR) is 63.4 cm³/mol. The second-order valence-corrected chi connectivity index (χ2v) is 4.50. The first-order valence-corrected chi connectivity index (χ1v) is 5.68. The second kappa shape index (κ2) is 5.47. The number of benzene rings is 1. The molecule has 0 saturated heterocycles. The van der Waals surface area contributed by atoms with Crippen molar-refractivity contribution in [3.05, 3.63) is 29.6 Å². The van der Waals surface area contributed by atoms with E-state index in [4.69, 9.17) is 4.74 Å². The molecule has 2 N–H and O–H groups in total. The van der Waals surface area contributed by atoms with Crippen molar-refractivity contribution < 1.29 is 19.3 Å². The Bertz CT molecular complexity index is 375. The summed E-state index contributed by atoms with van der Waals surface area (Å²) in [6, 6.07) is 3.96.